The molecular formula is C13H17NO7. The lowest BCUT2D eigenvalue weighted by atomic mass is 10.1. The lowest BCUT2D eigenvalue weighted by molar-refractivity contribution is -0.148. The molecule has 2 aliphatic rings. The summed E-state index contributed by atoms with van der Waals surface area (Å²) >= 11 is 0. The molecule has 0 radical (unpaired) electrons. The molecule has 0 amide bonds. The molecule has 0 aromatic heterocycles. The van der Waals surface area contributed by atoms with Crippen LogP contribution in [-0.4, -0.2) is 63.3 Å². The fraction of sp³-hybridized carbons (Fsp3) is 0.538. The summed E-state index contributed by atoms with van der Waals surface area (Å²) in [6, 6.07) is 0. The predicted octanol–water partition coefficient (Wildman–Crippen LogP) is -0.816. The number of rotatable bonds is 4. The lowest BCUT2D eigenvalue weighted by Crippen LogP contribution is -2.40. The molecule has 0 saturated carbocycles. The summed E-state index contributed by atoms with van der Waals surface area (Å²) in [4.78, 5) is 23.1. The average Bonchev–Trinajstić information content (AvgIpc) is 2.73. The zero-order chi connectivity index (χ0) is 15.6. The Bertz CT molecular complexity index is 487. The summed E-state index contributed by atoms with van der Waals surface area (Å²) < 4.78 is 10.2. The number of hydrogen-bond donors (Lipinski definition) is 3. The quantitative estimate of drug-likeness (QED) is 0.577. The maximum Gasteiger partial charge on any atom is 0.333 e. The average molecular weight is 299 g/mol. The normalized spacial score (nSPS) is 32.0. The van der Waals surface area contributed by atoms with E-state index in [9.17, 15) is 19.8 Å². The zero-order valence-electron chi connectivity index (χ0n) is 11.4. The Morgan fingerprint density at radius 1 is 1.43 bits per heavy atom. The first-order valence-electron chi connectivity index (χ1n) is 6.43. The first-order valence-corrected chi connectivity index (χ1v) is 6.43. The van der Waals surface area contributed by atoms with Gasteiger partial charge < -0.3 is 29.7 Å². The fourth-order valence-corrected chi connectivity index (χ4v) is 2.19. The number of esters is 1. The van der Waals surface area contributed by atoms with Crippen molar-refractivity contribution < 1.29 is 34.4 Å². The summed E-state index contributed by atoms with van der Waals surface area (Å²) in [7, 11) is 0. The number of carbonyl (C=O) groups excluding carboxylic acids is 1. The van der Waals surface area contributed by atoms with Crippen molar-refractivity contribution in [1.82, 2.24) is 4.90 Å². The van der Waals surface area contributed by atoms with E-state index in [-0.39, 0.29) is 18.6 Å². The lowest BCUT2D eigenvalue weighted by Gasteiger charge is -2.28. The number of allylic oxidation sites excluding steroid dienone is 1. The van der Waals surface area contributed by atoms with Crippen LogP contribution in [0.15, 0.2) is 24.0 Å². The molecule has 0 unspecified atom stereocenters. The first-order chi connectivity index (χ1) is 9.90. The van der Waals surface area contributed by atoms with Gasteiger partial charge in [0.15, 0.2) is 6.23 Å². The second-order valence-corrected chi connectivity index (χ2v) is 4.84. The Morgan fingerprint density at radius 2 is 2.14 bits per heavy atom. The van der Waals surface area contributed by atoms with Crippen LogP contribution in [0.1, 0.15) is 13.3 Å². The first kappa shape index (κ1) is 15.5. The molecule has 21 heavy (non-hydrogen) atoms. The Hall–Kier alpha value is -1.90. The van der Waals surface area contributed by atoms with E-state index < -0.39 is 36.5 Å². The van der Waals surface area contributed by atoms with Crippen molar-refractivity contribution in [3.8, 4) is 0 Å². The summed E-state index contributed by atoms with van der Waals surface area (Å²) in [5.74, 6) is -1.58. The molecule has 2 aliphatic heterocycles. The smallest absolute Gasteiger partial charge is 0.333 e. The molecule has 1 saturated heterocycles. The van der Waals surface area contributed by atoms with Crippen LogP contribution in [-0.2, 0) is 19.1 Å². The minimum absolute atomic E-state index is 0.145. The zero-order valence-corrected chi connectivity index (χ0v) is 11.4. The maximum atomic E-state index is 11.0. The van der Waals surface area contributed by atoms with Crippen LogP contribution in [0.25, 0.3) is 0 Å². The highest BCUT2D eigenvalue weighted by atomic mass is 16.6. The van der Waals surface area contributed by atoms with Gasteiger partial charge in [0.1, 0.15) is 24.9 Å². The van der Waals surface area contributed by atoms with Crippen LogP contribution in [0.4, 0.5) is 0 Å². The third kappa shape index (κ3) is 3.41. The molecule has 116 valence electrons. The number of aliphatic hydroxyl groups excluding tert-OH is 2. The molecule has 0 bridgehead atoms. The van der Waals surface area contributed by atoms with Crippen molar-refractivity contribution in [1.29, 1.82) is 0 Å². The molecule has 8 nitrogen and oxygen atoms in total. The van der Waals surface area contributed by atoms with Gasteiger partial charge in [-0.3, -0.25) is 4.79 Å². The highest BCUT2D eigenvalue weighted by Gasteiger charge is 2.45. The number of hydrogen-bond acceptors (Lipinski definition) is 7. The van der Waals surface area contributed by atoms with Gasteiger partial charge in [-0.25, -0.2) is 4.79 Å². The van der Waals surface area contributed by atoms with Crippen molar-refractivity contribution in [2.75, 3.05) is 6.61 Å². The van der Waals surface area contributed by atoms with Crippen LogP contribution in [0.2, 0.25) is 0 Å². The largest absolute Gasteiger partial charge is 0.478 e. The Labute approximate surface area is 120 Å². The van der Waals surface area contributed by atoms with Gasteiger partial charge in [0.25, 0.3) is 0 Å². The molecule has 1 fully saturated rings. The topological polar surface area (TPSA) is 117 Å². The van der Waals surface area contributed by atoms with Gasteiger partial charge in [0.05, 0.1) is 5.57 Å². The molecule has 2 heterocycles. The molecule has 0 spiro atoms. The van der Waals surface area contributed by atoms with Gasteiger partial charge in [0, 0.05) is 25.7 Å². The molecule has 2 rings (SSSR count). The van der Waals surface area contributed by atoms with Crippen molar-refractivity contribution in [3.63, 3.8) is 0 Å². The van der Waals surface area contributed by atoms with Crippen molar-refractivity contribution in [2.24, 2.45) is 0 Å². The number of carboxylic acid groups (broad SMARTS) is 1. The third-order valence-electron chi connectivity index (χ3n) is 3.28. The van der Waals surface area contributed by atoms with Gasteiger partial charge in [-0.05, 0) is 0 Å². The van der Waals surface area contributed by atoms with Gasteiger partial charge in [0.2, 0.25) is 0 Å². The van der Waals surface area contributed by atoms with E-state index in [0.29, 0.717) is 0 Å². The maximum absolute atomic E-state index is 11.0. The van der Waals surface area contributed by atoms with E-state index >= 15 is 0 Å². The second kappa shape index (κ2) is 6.25. The summed E-state index contributed by atoms with van der Waals surface area (Å²) in [6.07, 6.45) is 0.515. The molecule has 0 aromatic rings. The van der Waals surface area contributed by atoms with E-state index in [2.05, 4.69) is 0 Å². The SMILES string of the molecule is CC(=O)OC[C@H]1O[C@@H](N2C=CCC(C(=O)O)=C2)[C@H](O)[C@@H]1O. The number of aliphatic hydroxyl groups is 2. The van der Waals surface area contributed by atoms with Gasteiger partial charge in [-0.2, -0.15) is 0 Å². The monoisotopic (exact) mass is 299 g/mol. The third-order valence-corrected chi connectivity index (χ3v) is 3.28. The number of nitrogens with zero attached hydrogens (tertiary/aromatic N) is 1. The highest BCUT2D eigenvalue weighted by Crippen LogP contribution is 2.27. The Morgan fingerprint density at radius 3 is 2.76 bits per heavy atom. The molecule has 0 aliphatic carbocycles. The molecular weight excluding hydrogens is 282 g/mol. The predicted molar refractivity (Wildman–Crippen MR) is 68.6 cm³/mol. The molecule has 0 aromatic carbocycles. The van der Waals surface area contributed by atoms with Crippen LogP contribution in [0, 0.1) is 0 Å². The Kier molecular flexibility index (Phi) is 4.61. The van der Waals surface area contributed by atoms with Crippen LogP contribution < -0.4 is 0 Å². The molecule has 3 N–H and O–H groups in total. The van der Waals surface area contributed by atoms with E-state index in [1.54, 1.807) is 12.3 Å². The summed E-state index contributed by atoms with van der Waals surface area (Å²) in [5, 5.41) is 28.9. The molecule has 4 atom stereocenters. The number of ether oxygens (including phenoxy) is 2. The fourth-order valence-electron chi connectivity index (χ4n) is 2.19. The second-order valence-electron chi connectivity index (χ2n) is 4.84. The van der Waals surface area contributed by atoms with E-state index in [4.69, 9.17) is 14.6 Å². The van der Waals surface area contributed by atoms with Crippen molar-refractivity contribution >= 4 is 11.9 Å². The van der Waals surface area contributed by atoms with Crippen LogP contribution in [0.5, 0.6) is 0 Å². The standard InChI is InChI=1S/C13H17NO7/c1-7(15)20-6-9-10(16)11(17)12(21-9)14-4-2-3-8(5-14)13(18)19/h2,4-5,9-12,16-17H,3,6H2,1H3,(H,18,19)/t9-,10-,11-,12-/m1/s1. The number of carboxylic acids is 1. The minimum atomic E-state index is -1.25. The van der Waals surface area contributed by atoms with E-state index in [0.717, 1.165) is 0 Å². The van der Waals surface area contributed by atoms with Crippen LogP contribution >= 0.6 is 0 Å². The minimum Gasteiger partial charge on any atom is -0.478 e. The van der Waals surface area contributed by atoms with Crippen molar-refractivity contribution in [2.45, 2.75) is 37.9 Å². The van der Waals surface area contributed by atoms with Crippen molar-refractivity contribution in [3.05, 3.63) is 24.0 Å². The van der Waals surface area contributed by atoms with Crippen LogP contribution in [0.3, 0.4) is 0 Å². The molecule has 8 heteroatoms. The number of aliphatic carboxylic acids is 1. The highest BCUT2D eigenvalue weighted by molar-refractivity contribution is 5.87. The summed E-state index contributed by atoms with van der Waals surface area (Å²) in [6.45, 7) is 1.04. The van der Waals surface area contributed by atoms with Gasteiger partial charge >= 0.3 is 11.9 Å². The van der Waals surface area contributed by atoms with E-state index in [1.165, 1.54) is 18.0 Å². The summed E-state index contributed by atoms with van der Waals surface area (Å²) in [5.41, 5.74) is 0.145. The number of carbonyl (C=O) groups is 2. The van der Waals surface area contributed by atoms with Gasteiger partial charge in [-0.1, -0.05) is 6.08 Å². The Balaban J connectivity index is 2.06. The van der Waals surface area contributed by atoms with Gasteiger partial charge in [-0.15, -0.1) is 0 Å². The van der Waals surface area contributed by atoms with E-state index in [1.807, 2.05) is 0 Å².